The number of hydrogen-bond donors (Lipinski definition) is 0. The van der Waals surface area contributed by atoms with Gasteiger partial charge in [-0.25, -0.2) is 9.48 Å². The normalized spacial score (nSPS) is 14.0. The van der Waals surface area contributed by atoms with Crippen LogP contribution in [0, 0.1) is 0 Å². The molecule has 0 spiro atoms. The first-order valence-electron chi connectivity index (χ1n) is 8.83. The maximum Gasteiger partial charge on any atom is 0.336 e. The summed E-state index contributed by atoms with van der Waals surface area (Å²) in [5.41, 5.74) is 2.49. The molecule has 28 heavy (non-hydrogen) atoms. The van der Waals surface area contributed by atoms with Crippen molar-refractivity contribution in [2.45, 2.75) is 12.8 Å². The topological polar surface area (TPSA) is 90.2 Å². The summed E-state index contributed by atoms with van der Waals surface area (Å²) < 4.78 is 6.79. The minimum atomic E-state index is -0.478. The van der Waals surface area contributed by atoms with Crippen molar-refractivity contribution in [1.29, 1.82) is 0 Å². The number of esters is 1. The van der Waals surface area contributed by atoms with Crippen molar-refractivity contribution in [2.75, 3.05) is 11.4 Å². The van der Waals surface area contributed by atoms with Crippen LogP contribution in [0.15, 0.2) is 60.9 Å². The van der Waals surface area contributed by atoms with E-state index in [2.05, 4.69) is 15.5 Å². The summed E-state index contributed by atoms with van der Waals surface area (Å²) in [5, 5.41) is 10.9. The van der Waals surface area contributed by atoms with E-state index in [1.54, 1.807) is 35.2 Å². The smallest absolute Gasteiger partial charge is 0.336 e. The molecule has 1 aliphatic rings. The maximum absolute atomic E-state index is 12.0. The van der Waals surface area contributed by atoms with Crippen molar-refractivity contribution < 1.29 is 14.3 Å². The molecule has 0 atom stereocenters. The molecule has 8 nitrogen and oxygen atoms in total. The van der Waals surface area contributed by atoms with E-state index in [0.717, 1.165) is 29.9 Å². The van der Waals surface area contributed by atoms with Gasteiger partial charge in [0, 0.05) is 24.7 Å². The van der Waals surface area contributed by atoms with Gasteiger partial charge in [0.2, 0.25) is 5.91 Å². The van der Waals surface area contributed by atoms with Gasteiger partial charge in [-0.2, -0.15) is 0 Å². The van der Waals surface area contributed by atoms with Gasteiger partial charge in [0.15, 0.2) is 0 Å². The highest BCUT2D eigenvalue weighted by atomic mass is 16.5. The highest BCUT2D eigenvalue weighted by molar-refractivity contribution is 5.95. The molecule has 1 amide bonds. The largest absolute Gasteiger partial charge is 0.423 e. The predicted octanol–water partition coefficient (Wildman–Crippen LogP) is 2.41. The van der Waals surface area contributed by atoms with Crippen molar-refractivity contribution >= 4 is 23.6 Å². The van der Waals surface area contributed by atoms with Gasteiger partial charge in [-0.15, -0.1) is 5.10 Å². The lowest BCUT2D eigenvalue weighted by Crippen LogP contribution is -2.23. The number of aromatic nitrogens is 4. The van der Waals surface area contributed by atoms with E-state index in [0.29, 0.717) is 12.2 Å². The fourth-order valence-corrected chi connectivity index (χ4v) is 2.95. The van der Waals surface area contributed by atoms with Gasteiger partial charge in [0.05, 0.1) is 5.69 Å². The first-order valence-corrected chi connectivity index (χ1v) is 8.83. The Hall–Kier alpha value is -3.81. The van der Waals surface area contributed by atoms with Gasteiger partial charge >= 0.3 is 5.97 Å². The van der Waals surface area contributed by atoms with Crippen molar-refractivity contribution in [3.05, 3.63) is 66.5 Å². The molecule has 3 aromatic rings. The lowest BCUT2D eigenvalue weighted by Gasteiger charge is -2.15. The highest BCUT2D eigenvalue weighted by Gasteiger charge is 2.21. The zero-order chi connectivity index (χ0) is 19.3. The van der Waals surface area contributed by atoms with Gasteiger partial charge in [-0.1, -0.05) is 12.1 Å². The number of carbonyl (C=O) groups excluding carboxylic acids is 2. The molecule has 0 unspecified atom stereocenters. The van der Waals surface area contributed by atoms with Gasteiger partial charge in [-0.05, 0) is 64.9 Å². The summed E-state index contributed by atoms with van der Waals surface area (Å²) in [6.45, 7) is 0.757. The van der Waals surface area contributed by atoms with Gasteiger partial charge < -0.3 is 9.64 Å². The summed E-state index contributed by atoms with van der Waals surface area (Å²) in [4.78, 5) is 25.6. The minimum Gasteiger partial charge on any atom is -0.423 e. The molecule has 140 valence electrons. The van der Waals surface area contributed by atoms with Crippen LogP contribution in [0.25, 0.3) is 11.8 Å². The average Bonchev–Trinajstić information content (AvgIpc) is 3.39. The number of carbonyl (C=O) groups is 2. The molecule has 1 fully saturated rings. The molecule has 2 heterocycles. The van der Waals surface area contributed by atoms with E-state index >= 15 is 0 Å². The molecule has 0 radical (unpaired) electrons. The van der Waals surface area contributed by atoms with Crippen LogP contribution in [0.5, 0.6) is 5.75 Å². The SMILES string of the molecule is O=C(/C=C/c1ccc(N2CCCC2=O)cc1)Oc1ccc(-n2cnnn2)cc1. The molecule has 4 rings (SSSR count). The molecule has 0 N–H and O–H groups in total. The predicted molar refractivity (Wildman–Crippen MR) is 102 cm³/mol. The standard InChI is InChI=1S/C20H17N5O3/c26-19-2-1-13-24(19)16-6-3-15(4-7-16)5-12-20(27)28-18-10-8-17(9-11-18)25-14-21-22-23-25/h3-12,14H,1-2,13H2/b12-5+. The lowest BCUT2D eigenvalue weighted by atomic mass is 10.2. The maximum atomic E-state index is 12.0. The zero-order valence-electron chi connectivity index (χ0n) is 14.9. The Balaban J connectivity index is 1.35. The number of amides is 1. The second-order valence-electron chi connectivity index (χ2n) is 6.24. The average molecular weight is 375 g/mol. The summed E-state index contributed by atoms with van der Waals surface area (Å²) in [7, 11) is 0. The van der Waals surface area contributed by atoms with Gasteiger partial charge in [0.1, 0.15) is 12.1 Å². The molecule has 1 saturated heterocycles. The Kier molecular flexibility index (Phi) is 4.92. The van der Waals surface area contributed by atoms with E-state index in [9.17, 15) is 9.59 Å². The summed E-state index contributed by atoms with van der Waals surface area (Å²) in [6, 6.07) is 14.3. The van der Waals surface area contributed by atoms with Crippen molar-refractivity contribution in [3.63, 3.8) is 0 Å². The second kappa shape index (κ2) is 7.83. The van der Waals surface area contributed by atoms with Crippen LogP contribution in [0.2, 0.25) is 0 Å². The van der Waals surface area contributed by atoms with E-state index in [1.807, 2.05) is 24.3 Å². The molecule has 8 heteroatoms. The quantitative estimate of drug-likeness (QED) is 0.386. The number of nitrogens with zero attached hydrogens (tertiary/aromatic N) is 5. The van der Waals surface area contributed by atoms with E-state index < -0.39 is 5.97 Å². The van der Waals surface area contributed by atoms with Crippen LogP contribution >= 0.6 is 0 Å². The number of hydrogen-bond acceptors (Lipinski definition) is 6. The van der Waals surface area contributed by atoms with Crippen LogP contribution in [-0.4, -0.2) is 38.6 Å². The molecular formula is C20H17N5O3. The Morgan fingerprint density at radius 1 is 1.04 bits per heavy atom. The van der Waals surface area contributed by atoms with Crippen molar-refractivity contribution in [1.82, 2.24) is 20.2 Å². The van der Waals surface area contributed by atoms with Crippen LogP contribution < -0.4 is 9.64 Å². The summed E-state index contributed by atoms with van der Waals surface area (Å²) in [6.07, 6.45) is 6.01. The molecule has 0 aliphatic carbocycles. The first-order chi connectivity index (χ1) is 13.7. The minimum absolute atomic E-state index is 0.151. The van der Waals surface area contributed by atoms with Gasteiger partial charge in [0.25, 0.3) is 0 Å². The molecule has 0 saturated carbocycles. The number of anilines is 1. The molecular weight excluding hydrogens is 358 g/mol. The van der Waals surface area contributed by atoms with Crippen molar-refractivity contribution in [3.8, 4) is 11.4 Å². The van der Waals surface area contributed by atoms with E-state index in [1.165, 1.54) is 17.1 Å². The second-order valence-corrected chi connectivity index (χ2v) is 6.24. The fourth-order valence-electron chi connectivity index (χ4n) is 2.95. The van der Waals surface area contributed by atoms with E-state index in [-0.39, 0.29) is 5.91 Å². The van der Waals surface area contributed by atoms with Crippen LogP contribution in [0.4, 0.5) is 5.69 Å². The molecule has 2 aromatic carbocycles. The monoisotopic (exact) mass is 375 g/mol. The Morgan fingerprint density at radius 2 is 1.79 bits per heavy atom. The number of tetrazole rings is 1. The fraction of sp³-hybridized carbons (Fsp3) is 0.150. The first kappa shape index (κ1) is 17.6. The van der Waals surface area contributed by atoms with Crippen LogP contribution in [0.3, 0.4) is 0 Å². The van der Waals surface area contributed by atoms with Crippen molar-refractivity contribution in [2.24, 2.45) is 0 Å². The third-order valence-electron chi connectivity index (χ3n) is 4.36. The number of rotatable bonds is 5. The third-order valence-corrected chi connectivity index (χ3v) is 4.36. The van der Waals surface area contributed by atoms with Crippen LogP contribution in [0.1, 0.15) is 18.4 Å². The molecule has 1 aromatic heterocycles. The Bertz CT molecular complexity index is 995. The highest BCUT2D eigenvalue weighted by Crippen LogP contribution is 2.22. The molecule has 0 bridgehead atoms. The van der Waals surface area contributed by atoms with Gasteiger partial charge in [-0.3, -0.25) is 4.79 Å². The number of benzene rings is 2. The summed E-state index contributed by atoms with van der Waals surface area (Å²) in [5.74, 6) is 0.0984. The zero-order valence-corrected chi connectivity index (χ0v) is 14.9. The van der Waals surface area contributed by atoms with Crippen LogP contribution in [-0.2, 0) is 9.59 Å². The Labute approximate surface area is 161 Å². The Morgan fingerprint density at radius 3 is 2.43 bits per heavy atom. The molecule has 1 aliphatic heterocycles. The number of ether oxygens (including phenoxy) is 1. The summed E-state index contributed by atoms with van der Waals surface area (Å²) >= 11 is 0. The lowest BCUT2D eigenvalue weighted by molar-refractivity contribution is -0.128. The van der Waals surface area contributed by atoms with E-state index in [4.69, 9.17) is 4.74 Å². The third kappa shape index (κ3) is 3.96.